The zero-order valence-electron chi connectivity index (χ0n) is 10.4. The summed E-state index contributed by atoms with van der Waals surface area (Å²) in [7, 11) is 1.41. The molecule has 0 fully saturated rings. The Morgan fingerprint density at radius 2 is 1.95 bits per heavy atom. The van der Waals surface area contributed by atoms with Crippen LogP contribution in [0.15, 0.2) is 42.5 Å². The molecule has 0 unspecified atom stereocenters. The first kappa shape index (κ1) is 13.1. The predicted molar refractivity (Wildman–Crippen MR) is 69.1 cm³/mol. The van der Waals surface area contributed by atoms with Crippen LogP contribution in [0.2, 0.25) is 0 Å². The van der Waals surface area contributed by atoms with Crippen molar-refractivity contribution in [1.29, 1.82) is 0 Å². The number of carbonyl (C=O) groups is 1. The highest BCUT2D eigenvalue weighted by molar-refractivity contribution is 5.79. The van der Waals surface area contributed by atoms with Gasteiger partial charge in [0.2, 0.25) is 0 Å². The number of rotatable bonds is 5. The molecule has 3 nitrogen and oxygen atoms in total. The van der Waals surface area contributed by atoms with Crippen LogP contribution in [0.4, 0.5) is 4.39 Å². The van der Waals surface area contributed by atoms with Crippen LogP contribution in [-0.2, 0) is 6.61 Å². The van der Waals surface area contributed by atoms with Crippen LogP contribution in [0, 0.1) is 5.82 Å². The Bertz CT molecular complexity index is 581. The van der Waals surface area contributed by atoms with E-state index in [9.17, 15) is 9.18 Å². The molecule has 0 saturated carbocycles. The summed E-state index contributed by atoms with van der Waals surface area (Å²) in [5.74, 6) is 0.234. The highest BCUT2D eigenvalue weighted by Crippen LogP contribution is 2.20. The van der Waals surface area contributed by atoms with Crippen molar-refractivity contribution in [2.75, 3.05) is 7.11 Å². The maximum Gasteiger partial charge on any atom is 0.165 e. The summed E-state index contributed by atoms with van der Waals surface area (Å²) >= 11 is 0. The van der Waals surface area contributed by atoms with Crippen LogP contribution in [-0.4, -0.2) is 13.4 Å². The van der Waals surface area contributed by atoms with Crippen molar-refractivity contribution in [2.45, 2.75) is 6.61 Å². The lowest BCUT2D eigenvalue weighted by molar-refractivity contribution is 0.111. The summed E-state index contributed by atoms with van der Waals surface area (Å²) in [6.07, 6.45) is 0.726. The molecule has 0 spiro atoms. The van der Waals surface area contributed by atoms with E-state index in [1.807, 2.05) is 0 Å². The van der Waals surface area contributed by atoms with E-state index >= 15 is 0 Å². The van der Waals surface area contributed by atoms with Gasteiger partial charge < -0.3 is 9.47 Å². The summed E-state index contributed by atoms with van der Waals surface area (Å²) in [4.78, 5) is 10.8. The van der Waals surface area contributed by atoms with Gasteiger partial charge >= 0.3 is 0 Å². The maximum atomic E-state index is 13.5. The van der Waals surface area contributed by atoms with Gasteiger partial charge in [-0.15, -0.1) is 0 Å². The van der Waals surface area contributed by atoms with Crippen molar-refractivity contribution < 1.29 is 18.7 Å². The smallest absolute Gasteiger partial charge is 0.165 e. The topological polar surface area (TPSA) is 35.5 Å². The normalized spacial score (nSPS) is 10.0. The van der Waals surface area contributed by atoms with Crippen molar-refractivity contribution in [1.82, 2.24) is 0 Å². The largest absolute Gasteiger partial charge is 0.494 e. The second kappa shape index (κ2) is 6.00. The second-order valence-corrected chi connectivity index (χ2v) is 3.91. The van der Waals surface area contributed by atoms with Crippen molar-refractivity contribution in [2.24, 2.45) is 0 Å². The first-order valence-corrected chi connectivity index (χ1v) is 5.74. The number of hydrogen-bond acceptors (Lipinski definition) is 3. The number of aldehydes is 1. The number of halogens is 1. The fraction of sp³-hybridized carbons (Fsp3) is 0.133. The Balaban J connectivity index is 2.10. The molecule has 98 valence electrons. The molecular formula is C15H13FO3. The molecule has 2 aromatic rings. The minimum Gasteiger partial charge on any atom is -0.494 e. The van der Waals surface area contributed by atoms with Crippen LogP contribution in [0.3, 0.4) is 0 Å². The van der Waals surface area contributed by atoms with Crippen LogP contribution in [0.25, 0.3) is 0 Å². The molecule has 0 aliphatic rings. The van der Waals surface area contributed by atoms with Gasteiger partial charge in [0.05, 0.1) is 12.7 Å². The third-order valence-corrected chi connectivity index (χ3v) is 2.66. The van der Waals surface area contributed by atoms with Crippen molar-refractivity contribution in [3.63, 3.8) is 0 Å². The van der Waals surface area contributed by atoms with Gasteiger partial charge in [0.1, 0.15) is 12.4 Å². The monoisotopic (exact) mass is 260 g/mol. The SMILES string of the molecule is COc1ccc(COc2ccccc2C=O)cc1F. The highest BCUT2D eigenvalue weighted by atomic mass is 19.1. The van der Waals surface area contributed by atoms with Crippen molar-refractivity contribution in [3.8, 4) is 11.5 Å². The first-order valence-electron chi connectivity index (χ1n) is 5.74. The quantitative estimate of drug-likeness (QED) is 0.774. The summed E-state index contributed by atoms with van der Waals surface area (Å²) < 4.78 is 23.8. The van der Waals surface area contributed by atoms with E-state index in [0.717, 1.165) is 6.29 Å². The number of carbonyl (C=O) groups excluding carboxylic acids is 1. The van der Waals surface area contributed by atoms with E-state index in [2.05, 4.69) is 0 Å². The van der Waals surface area contributed by atoms with E-state index in [-0.39, 0.29) is 12.4 Å². The van der Waals surface area contributed by atoms with Crippen LogP contribution < -0.4 is 9.47 Å². The van der Waals surface area contributed by atoms with Crippen LogP contribution in [0.1, 0.15) is 15.9 Å². The minimum atomic E-state index is -0.438. The van der Waals surface area contributed by atoms with E-state index in [1.165, 1.54) is 13.2 Å². The molecule has 0 atom stereocenters. The lowest BCUT2D eigenvalue weighted by Gasteiger charge is -2.09. The Hall–Kier alpha value is -2.36. The van der Waals surface area contributed by atoms with Gasteiger partial charge in [0, 0.05) is 0 Å². The second-order valence-electron chi connectivity index (χ2n) is 3.91. The minimum absolute atomic E-state index is 0.186. The van der Waals surface area contributed by atoms with Gasteiger partial charge in [-0.3, -0.25) is 4.79 Å². The Morgan fingerprint density at radius 3 is 2.63 bits per heavy atom. The zero-order valence-corrected chi connectivity index (χ0v) is 10.4. The molecule has 0 aliphatic carbocycles. The average molecular weight is 260 g/mol. The molecular weight excluding hydrogens is 247 g/mol. The predicted octanol–water partition coefficient (Wildman–Crippen LogP) is 3.23. The van der Waals surface area contributed by atoms with Gasteiger partial charge in [0.25, 0.3) is 0 Å². The van der Waals surface area contributed by atoms with Gasteiger partial charge in [-0.1, -0.05) is 18.2 Å². The average Bonchev–Trinajstić information content (AvgIpc) is 2.45. The van der Waals surface area contributed by atoms with Gasteiger partial charge in [-0.2, -0.15) is 0 Å². The molecule has 4 heteroatoms. The molecule has 0 saturated heterocycles. The first-order chi connectivity index (χ1) is 9.24. The standard InChI is InChI=1S/C15H13FO3/c1-18-15-7-6-11(8-13(15)16)10-19-14-5-3-2-4-12(14)9-17/h2-9H,10H2,1H3. The summed E-state index contributed by atoms with van der Waals surface area (Å²) in [5.41, 5.74) is 1.13. The number of ether oxygens (including phenoxy) is 2. The molecule has 0 heterocycles. The maximum absolute atomic E-state index is 13.5. The number of benzene rings is 2. The van der Waals surface area contributed by atoms with Crippen molar-refractivity contribution >= 4 is 6.29 Å². The fourth-order valence-corrected chi connectivity index (χ4v) is 1.67. The summed E-state index contributed by atoms with van der Waals surface area (Å²) in [5, 5.41) is 0. The molecule has 2 aromatic carbocycles. The zero-order chi connectivity index (χ0) is 13.7. The molecule has 2 rings (SSSR count). The van der Waals surface area contributed by atoms with E-state index in [0.29, 0.717) is 16.9 Å². The van der Waals surface area contributed by atoms with E-state index < -0.39 is 5.82 Å². The van der Waals surface area contributed by atoms with Gasteiger partial charge in [0.15, 0.2) is 17.9 Å². The summed E-state index contributed by atoms with van der Waals surface area (Å²) in [6, 6.07) is 11.5. The van der Waals surface area contributed by atoms with Gasteiger partial charge in [-0.05, 0) is 29.8 Å². The number of para-hydroxylation sites is 1. The Labute approximate surface area is 110 Å². The lowest BCUT2D eigenvalue weighted by Crippen LogP contribution is -1.99. The lowest BCUT2D eigenvalue weighted by atomic mass is 10.2. The fourth-order valence-electron chi connectivity index (χ4n) is 1.67. The van der Waals surface area contributed by atoms with Gasteiger partial charge in [-0.25, -0.2) is 4.39 Å². The molecule has 0 bridgehead atoms. The molecule has 0 aromatic heterocycles. The number of methoxy groups -OCH3 is 1. The highest BCUT2D eigenvalue weighted by Gasteiger charge is 2.05. The van der Waals surface area contributed by atoms with E-state index in [1.54, 1.807) is 36.4 Å². The molecule has 0 aliphatic heterocycles. The Morgan fingerprint density at radius 1 is 1.16 bits per heavy atom. The van der Waals surface area contributed by atoms with Crippen molar-refractivity contribution in [3.05, 3.63) is 59.4 Å². The molecule has 0 N–H and O–H groups in total. The van der Waals surface area contributed by atoms with Crippen LogP contribution in [0.5, 0.6) is 11.5 Å². The summed E-state index contributed by atoms with van der Waals surface area (Å²) in [6.45, 7) is 0.186. The molecule has 0 radical (unpaired) electrons. The molecule has 19 heavy (non-hydrogen) atoms. The van der Waals surface area contributed by atoms with Crippen LogP contribution >= 0.6 is 0 Å². The third kappa shape index (κ3) is 3.10. The number of hydrogen-bond donors (Lipinski definition) is 0. The third-order valence-electron chi connectivity index (χ3n) is 2.66. The molecule has 0 amide bonds. The van der Waals surface area contributed by atoms with E-state index in [4.69, 9.17) is 9.47 Å². The Kier molecular flexibility index (Phi) is 4.13.